The topological polar surface area (TPSA) is 35.5 Å². The van der Waals surface area contributed by atoms with Crippen LogP contribution in [0.4, 0.5) is 0 Å². The predicted octanol–water partition coefficient (Wildman–Crippen LogP) is 2.97. The first-order chi connectivity index (χ1) is 10.1. The van der Waals surface area contributed by atoms with Crippen LogP contribution >= 0.6 is 0 Å². The van der Waals surface area contributed by atoms with E-state index in [0.29, 0.717) is 5.75 Å². The summed E-state index contributed by atoms with van der Waals surface area (Å²) in [7, 11) is 0. The number of hydrogen-bond acceptors (Lipinski definition) is 3. The molecule has 3 heteroatoms. The molecule has 1 saturated carbocycles. The number of hydrogen-bond donors (Lipinski definition) is 2. The van der Waals surface area contributed by atoms with E-state index < -0.39 is 0 Å². The van der Waals surface area contributed by atoms with Crippen molar-refractivity contribution < 1.29 is 5.11 Å². The number of phenolic OH excluding ortho intramolecular Hbond substituents is 1. The van der Waals surface area contributed by atoms with Crippen LogP contribution in [-0.2, 0) is 6.54 Å². The minimum atomic E-state index is 0.454. The maximum absolute atomic E-state index is 9.93. The van der Waals surface area contributed by atoms with Gasteiger partial charge < -0.3 is 10.4 Å². The summed E-state index contributed by atoms with van der Waals surface area (Å²) in [5.74, 6) is 1.31. The van der Waals surface area contributed by atoms with Gasteiger partial charge in [0.25, 0.3) is 0 Å². The Morgan fingerprint density at radius 1 is 1.10 bits per heavy atom. The van der Waals surface area contributed by atoms with E-state index in [-0.39, 0.29) is 0 Å². The predicted molar refractivity (Wildman–Crippen MR) is 86.6 cm³/mol. The van der Waals surface area contributed by atoms with E-state index in [1.807, 2.05) is 13.8 Å². The van der Waals surface area contributed by atoms with Crippen LogP contribution in [0, 0.1) is 19.8 Å². The average Bonchev–Trinajstić information content (AvgIpc) is 3.30. The molecule has 0 amide bonds. The summed E-state index contributed by atoms with van der Waals surface area (Å²) in [6, 6.07) is 5.11. The minimum Gasteiger partial charge on any atom is -0.507 e. The number of piperidine rings is 1. The summed E-state index contributed by atoms with van der Waals surface area (Å²) in [4.78, 5) is 2.68. The second kappa shape index (κ2) is 6.37. The van der Waals surface area contributed by atoms with Crippen LogP contribution in [0.5, 0.6) is 5.75 Å². The molecule has 0 spiro atoms. The van der Waals surface area contributed by atoms with Gasteiger partial charge in [0.15, 0.2) is 0 Å². The van der Waals surface area contributed by atoms with Gasteiger partial charge in [-0.3, -0.25) is 4.90 Å². The molecule has 0 unspecified atom stereocenters. The number of nitrogens with zero attached hydrogens (tertiary/aromatic N) is 1. The molecular weight excluding hydrogens is 260 g/mol. The summed E-state index contributed by atoms with van der Waals surface area (Å²) in [6.45, 7) is 8.64. The lowest BCUT2D eigenvalue weighted by molar-refractivity contribution is 0.190. The number of benzene rings is 1. The molecule has 3 rings (SSSR count). The molecule has 21 heavy (non-hydrogen) atoms. The number of nitrogens with one attached hydrogen (secondary N) is 1. The first-order valence-corrected chi connectivity index (χ1v) is 8.37. The largest absolute Gasteiger partial charge is 0.507 e. The van der Waals surface area contributed by atoms with Crippen LogP contribution in [0.3, 0.4) is 0 Å². The summed E-state index contributed by atoms with van der Waals surface area (Å²) in [5.41, 5.74) is 3.36. The molecule has 1 aliphatic heterocycles. The van der Waals surface area contributed by atoms with Crippen LogP contribution in [-0.4, -0.2) is 35.7 Å². The smallest absolute Gasteiger partial charge is 0.121 e. The van der Waals surface area contributed by atoms with E-state index in [0.717, 1.165) is 29.6 Å². The molecule has 2 aliphatic rings. The highest BCUT2D eigenvalue weighted by atomic mass is 16.3. The highest BCUT2D eigenvalue weighted by Crippen LogP contribution is 2.31. The molecular formula is C18H28N2O. The molecule has 2 fully saturated rings. The zero-order valence-corrected chi connectivity index (χ0v) is 13.4. The zero-order valence-electron chi connectivity index (χ0n) is 13.4. The summed E-state index contributed by atoms with van der Waals surface area (Å²) in [6.07, 6.45) is 5.36. The maximum Gasteiger partial charge on any atom is 0.121 e. The first-order valence-electron chi connectivity index (χ1n) is 8.37. The Hall–Kier alpha value is -1.06. The van der Waals surface area contributed by atoms with Crippen LogP contribution in [0.15, 0.2) is 12.1 Å². The second-order valence-electron chi connectivity index (χ2n) is 6.93. The van der Waals surface area contributed by atoms with Crippen molar-refractivity contribution in [2.24, 2.45) is 5.92 Å². The fraction of sp³-hybridized carbons (Fsp3) is 0.667. The summed E-state index contributed by atoms with van der Waals surface area (Å²) < 4.78 is 0. The van der Waals surface area contributed by atoms with E-state index in [1.54, 1.807) is 0 Å². The average molecular weight is 288 g/mol. The minimum absolute atomic E-state index is 0.454. The van der Waals surface area contributed by atoms with Gasteiger partial charge in [0.05, 0.1) is 0 Å². The third-order valence-electron chi connectivity index (χ3n) is 4.95. The van der Waals surface area contributed by atoms with Gasteiger partial charge in [0.1, 0.15) is 5.75 Å². The Morgan fingerprint density at radius 3 is 2.29 bits per heavy atom. The SMILES string of the molecule is Cc1cc(CN(CC2CCNCC2)C2CC2)cc(C)c1O. The van der Waals surface area contributed by atoms with Crippen LogP contribution < -0.4 is 5.32 Å². The van der Waals surface area contributed by atoms with Gasteiger partial charge in [-0.25, -0.2) is 0 Å². The maximum atomic E-state index is 9.93. The molecule has 116 valence electrons. The molecule has 1 aromatic rings. The van der Waals surface area contributed by atoms with Crippen molar-refractivity contribution in [2.45, 2.75) is 52.1 Å². The van der Waals surface area contributed by atoms with Gasteiger partial charge in [0.2, 0.25) is 0 Å². The highest BCUT2D eigenvalue weighted by Gasteiger charge is 2.31. The number of rotatable bonds is 5. The zero-order chi connectivity index (χ0) is 14.8. The van der Waals surface area contributed by atoms with Crippen molar-refractivity contribution in [3.05, 3.63) is 28.8 Å². The van der Waals surface area contributed by atoms with Crippen molar-refractivity contribution >= 4 is 0 Å². The lowest BCUT2D eigenvalue weighted by atomic mass is 9.97. The lowest BCUT2D eigenvalue weighted by Crippen LogP contribution is -2.37. The highest BCUT2D eigenvalue weighted by molar-refractivity contribution is 5.42. The van der Waals surface area contributed by atoms with Gasteiger partial charge in [-0.1, -0.05) is 12.1 Å². The molecule has 1 heterocycles. The molecule has 1 aliphatic carbocycles. The molecule has 0 bridgehead atoms. The summed E-state index contributed by atoms with van der Waals surface area (Å²) in [5, 5.41) is 13.4. The molecule has 0 radical (unpaired) electrons. The quantitative estimate of drug-likeness (QED) is 0.874. The number of aryl methyl sites for hydroxylation is 2. The lowest BCUT2D eigenvalue weighted by Gasteiger charge is -2.30. The number of phenols is 1. The standard InChI is InChI=1S/C18H28N2O/c1-13-9-16(10-14(2)18(13)21)12-20(17-3-4-17)11-15-5-7-19-8-6-15/h9-10,15,17,19,21H,3-8,11-12H2,1-2H3. The molecule has 3 nitrogen and oxygen atoms in total. The monoisotopic (exact) mass is 288 g/mol. The summed E-state index contributed by atoms with van der Waals surface area (Å²) >= 11 is 0. The van der Waals surface area contributed by atoms with Crippen LogP contribution in [0.2, 0.25) is 0 Å². The van der Waals surface area contributed by atoms with Gasteiger partial charge in [0, 0.05) is 19.1 Å². The molecule has 0 atom stereocenters. The Balaban J connectivity index is 1.67. The normalized spacial score (nSPS) is 20.1. The van der Waals surface area contributed by atoms with E-state index in [4.69, 9.17) is 0 Å². The van der Waals surface area contributed by atoms with E-state index >= 15 is 0 Å². The fourth-order valence-corrected chi connectivity index (χ4v) is 3.55. The van der Waals surface area contributed by atoms with Crippen molar-refractivity contribution in [3.63, 3.8) is 0 Å². The fourth-order valence-electron chi connectivity index (χ4n) is 3.55. The van der Waals surface area contributed by atoms with Gasteiger partial charge in [-0.05, 0) is 75.2 Å². The van der Waals surface area contributed by atoms with E-state index in [1.165, 1.54) is 50.9 Å². The Morgan fingerprint density at radius 2 is 1.71 bits per heavy atom. The van der Waals surface area contributed by atoms with Crippen LogP contribution in [0.25, 0.3) is 0 Å². The molecule has 1 saturated heterocycles. The Bertz CT molecular complexity index is 467. The second-order valence-corrected chi connectivity index (χ2v) is 6.93. The number of aromatic hydroxyl groups is 1. The molecule has 0 aromatic heterocycles. The molecule has 1 aromatic carbocycles. The van der Waals surface area contributed by atoms with Gasteiger partial charge in [-0.15, -0.1) is 0 Å². The van der Waals surface area contributed by atoms with E-state index in [2.05, 4.69) is 22.3 Å². The first kappa shape index (κ1) is 14.9. The van der Waals surface area contributed by atoms with E-state index in [9.17, 15) is 5.11 Å². The van der Waals surface area contributed by atoms with Crippen molar-refractivity contribution in [3.8, 4) is 5.75 Å². The Kier molecular flexibility index (Phi) is 4.51. The molecule has 2 N–H and O–H groups in total. The Labute approximate surface area is 128 Å². The van der Waals surface area contributed by atoms with Crippen LogP contribution in [0.1, 0.15) is 42.4 Å². The van der Waals surface area contributed by atoms with Gasteiger partial charge in [-0.2, -0.15) is 0 Å². The van der Waals surface area contributed by atoms with Crippen molar-refractivity contribution in [1.82, 2.24) is 10.2 Å². The van der Waals surface area contributed by atoms with Crippen molar-refractivity contribution in [2.75, 3.05) is 19.6 Å². The third kappa shape index (κ3) is 3.78. The third-order valence-corrected chi connectivity index (χ3v) is 4.95. The van der Waals surface area contributed by atoms with Gasteiger partial charge >= 0.3 is 0 Å². The van der Waals surface area contributed by atoms with Crippen molar-refractivity contribution in [1.29, 1.82) is 0 Å².